The number of ether oxygens (including phenoxy) is 1. The Morgan fingerprint density at radius 3 is 2.56 bits per heavy atom. The van der Waals surface area contributed by atoms with Crippen molar-refractivity contribution in [2.24, 2.45) is 0 Å². The smallest absolute Gasteiger partial charge is 0.411 e. The van der Waals surface area contributed by atoms with Gasteiger partial charge in [-0.2, -0.15) is 0 Å². The van der Waals surface area contributed by atoms with Crippen LogP contribution in [0.3, 0.4) is 0 Å². The molecule has 1 amide bonds. The summed E-state index contributed by atoms with van der Waals surface area (Å²) in [5, 5.41) is 0. The molecular weight excluding hydrogens is 202 g/mol. The second-order valence-electron chi connectivity index (χ2n) is 5.33. The van der Waals surface area contributed by atoms with Crippen LogP contribution in [0.1, 0.15) is 47.0 Å². The number of amides is 1. The van der Waals surface area contributed by atoms with Crippen LogP contribution in [0.25, 0.3) is 0 Å². The van der Waals surface area contributed by atoms with Crippen LogP contribution in [0.15, 0.2) is 12.7 Å². The zero-order valence-electron chi connectivity index (χ0n) is 10.8. The molecular formula is C13H23NO2. The Morgan fingerprint density at radius 1 is 1.50 bits per heavy atom. The summed E-state index contributed by atoms with van der Waals surface area (Å²) >= 11 is 0. The van der Waals surface area contributed by atoms with Crippen LogP contribution in [-0.2, 0) is 4.74 Å². The second kappa shape index (κ2) is 4.89. The van der Waals surface area contributed by atoms with E-state index in [1.165, 1.54) is 0 Å². The van der Waals surface area contributed by atoms with Crippen molar-refractivity contribution in [2.45, 2.75) is 64.6 Å². The summed E-state index contributed by atoms with van der Waals surface area (Å²) in [5.41, 5.74) is -0.427. The van der Waals surface area contributed by atoms with Crippen LogP contribution in [-0.4, -0.2) is 28.7 Å². The minimum atomic E-state index is -0.427. The Balaban J connectivity index is 2.74. The zero-order valence-corrected chi connectivity index (χ0v) is 10.8. The Morgan fingerprint density at radius 2 is 2.12 bits per heavy atom. The van der Waals surface area contributed by atoms with Crippen molar-refractivity contribution in [3.63, 3.8) is 0 Å². The average Bonchev–Trinajstić information content (AvgIpc) is 2.57. The van der Waals surface area contributed by atoms with Crippen molar-refractivity contribution in [2.75, 3.05) is 0 Å². The van der Waals surface area contributed by atoms with Crippen LogP contribution >= 0.6 is 0 Å². The molecule has 2 atom stereocenters. The molecule has 3 heteroatoms. The number of hydrogen-bond acceptors (Lipinski definition) is 2. The molecule has 0 aromatic rings. The molecule has 1 fully saturated rings. The second-order valence-corrected chi connectivity index (χ2v) is 5.33. The van der Waals surface area contributed by atoms with E-state index in [0.717, 1.165) is 19.3 Å². The Labute approximate surface area is 98.5 Å². The summed E-state index contributed by atoms with van der Waals surface area (Å²) in [6, 6.07) is 0.442. The summed E-state index contributed by atoms with van der Waals surface area (Å²) < 4.78 is 5.43. The lowest BCUT2D eigenvalue weighted by molar-refractivity contribution is 0.0177. The lowest BCUT2D eigenvalue weighted by Gasteiger charge is -2.31. The Hall–Kier alpha value is -0.990. The molecule has 92 valence electrons. The van der Waals surface area contributed by atoms with Crippen LogP contribution in [0.2, 0.25) is 0 Å². The van der Waals surface area contributed by atoms with Crippen LogP contribution < -0.4 is 0 Å². The zero-order chi connectivity index (χ0) is 12.3. The largest absolute Gasteiger partial charge is 0.444 e. The minimum Gasteiger partial charge on any atom is -0.444 e. The first kappa shape index (κ1) is 13.1. The van der Waals surface area contributed by atoms with Gasteiger partial charge in [0.1, 0.15) is 5.60 Å². The molecule has 0 aromatic carbocycles. The van der Waals surface area contributed by atoms with E-state index in [-0.39, 0.29) is 12.1 Å². The predicted octanol–water partition coefficient (Wildman–Crippen LogP) is 3.35. The standard InChI is InChI=1S/C13H23NO2/c1-6-10-8-9-11(7-2)14(10)12(15)16-13(3,4)5/h6,10-11H,1,7-9H2,2-5H3/t10?,11-/m0/s1. The first-order chi connectivity index (χ1) is 7.39. The highest BCUT2D eigenvalue weighted by atomic mass is 16.6. The van der Waals surface area contributed by atoms with Gasteiger partial charge in [0.2, 0.25) is 0 Å². The maximum Gasteiger partial charge on any atom is 0.411 e. The van der Waals surface area contributed by atoms with Gasteiger partial charge in [0.15, 0.2) is 0 Å². The quantitative estimate of drug-likeness (QED) is 0.674. The molecule has 0 spiro atoms. The van der Waals surface area contributed by atoms with Crippen molar-refractivity contribution >= 4 is 6.09 Å². The molecule has 0 aliphatic carbocycles. The molecule has 0 bridgehead atoms. The normalized spacial score (nSPS) is 25.6. The van der Waals surface area contributed by atoms with E-state index in [9.17, 15) is 4.79 Å². The average molecular weight is 225 g/mol. The number of carbonyl (C=O) groups is 1. The molecule has 1 heterocycles. The number of nitrogens with zero attached hydrogens (tertiary/aromatic N) is 1. The molecule has 1 aliphatic rings. The van der Waals surface area contributed by atoms with E-state index in [1.54, 1.807) is 0 Å². The molecule has 16 heavy (non-hydrogen) atoms. The number of hydrogen-bond donors (Lipinski definition) is 0. The van der Waals surface area contributed by atoms with Crippen LogP contribution in [0, 0.1) is 0 Å². The van der Waals surface area contributed by atoms with Crippen molar-refractivity contribution < 1.29 is 9.53 Å². The van der Waals surface area contributed by atoms with Gasteiger partial charge >= 0.3 is 6.09 Å². The van der Waals surface area contributed by atoms with Gasteiger partial charge in [0, 0.05) is 6.04 Å². The minimum absolute atomic E-state index is 0.139. The van der Waals surface area contributed by atoms with E-state index < -0.39 is 5.60 Å². The highest BCUT2D eigenvalue weighted by molar-refractivity contribution is 5.69. The van der Waals surface area contributed by atoms with Gasteiger partial charge in [-0.25, -0.2) is 4.79 Å². The number of carbonyl (C=O) groups excluding carboxylic acids is 1. The number of likely N-dealkylation sites (tertiary alicyclic amines) is 1. The maximum atomic E-state index is 12.1. The van der Waals surface area contributed by atoms with Gasteiger partial charge in [-0.3, -0.25) is 4.90 Å². The SMILES string of the molecule is C=CC1CC[C@H](CC)N1C(=O)OC(C)(C)C. The first-order valence-electron chi connectivity index (χ1n) is 6.03. The fourth-order valence-corrected chi connectivity index (χ4v) is 2.14. The lowest BCUT2D eigenvalue weighted by Crippen LogP contribution is -2.43. The molecule has 0 aromatic heterocycles. The molecule has 0 radical (unpaired) electrons. The summed E-state index contributed by atoms with van der Waals surface area (Å²) in [6.45, 7) is 11.6. The topological polar surface area (TPSA) is 29.5 Å². The molecule has 1 saturated heterocycles. The lowest BCUT2D eigenvalue weighted by atomic mass is 10.1. The van der Waals surface area contributed by atoms with E-state index in [1.807, 2.05) is 31.7 Å². The summed E-state index contributed by atoms with van der Waals surface area (Å²) in [6.07, 6.45) is 4.67. The third kappa shape index (κ3) is 3.00. The maximum absolute atomic E-state index is 12.1. The summed E-state index contributed by atoms with van der Waals surface area (Å²) in [5.74, 6) is 0. The van der Waals surface area contributed by atoms with E-state index in [2.05, 4.69) is 13.5 Å². The fourth-order valence-electron chi connectivity index (χ4n) is 2.14. The van der Waals surface area contributed by atoms with Gasteiger partial charge in [0.05, 0.1) is 6.04 Å². The third-order valence-electron chi connectivity index (χ3n) is 2.89. The molecule has 0 N–H and O–H groups in total. The van der Waals surface area contributed by atoms with E-state index >= 15 is 0 Å². The monoisotopic (exact) mass is 225 g/mol. The first-order valence-corrected chi connectivity index (χ1v) is 6.03. The molecule has 1 unspecified atom stereocenters. The van der Waals surface area contributed by atoms with Crippen molar-refractivity contribution in [1.82, 2.24) is 4.90 Å². The summed E-state index contributed by atoms with van der Waals surface area (Å²) in [7, 11) is 0. The number of rotatable bonds is 2. The van der Waals surface area contributed by atoms with Crippen molar-refractivity contribution in [1.29, 1.82) is 0 Å². The van der Waals surface area contributed by atoms with Gasteiger partial charge in [-0.15, -0.1) is 6.58 Å². The Bertz CT molecular complexity index is 268. The highest BCUT2D eigenvalue weighted by Crippen LogP contribution is 2.28. The molecule has 0 saturated carbocycles. The van der Waals surface area contributed by atoms with Gasteiger partial charge in [-0.05, 0) is 40.0 Å². The summed E-state index contributed by atoms with van der Waals surface area (Å²) in [4.78, 5) is 13.9. The highest BCUT2D eigenvalue weighted by Gasteiger charge is 2.36. The van der Waals surface area contributed by atoms with Gasteiger partial charge < -0.3 is 4.74 Å². The molecule has 1 rings (SSSR count). The van der Waals surface area contributed by atoms with Crippen LogP contribution in [0.5, 0.6) is 0 Å². The van der Waals surface area contributed by atoms with Gasteiger partial charge in [-0.1, -0.05) is 13.0 Å². The van der Waals surface area contributed by atoms with Crippen LogP contribution in [0.4, 0.5) is 4.79 Å². The fraction of sp³-hybridized carbons (Fsp3) is 0.769. The Kier molecular flexibility index (Phi) is 4.00. The van der Waals surface area contributed by atoms with Crippen molar-refractivity contribution in [3.05, 3.63) is 12.7 Å². The van der Waals surface area contributed by atoms with E-state index in [4.69, 9.17) is 4.74 Å². The molecule has 1 aliphatic heterocycles. The van der Waals surface area contributed by atoms with Gasteiger partial charge in [0.25, 0.3) is 0 Å². The van der Waals surface area contributed by atoms with E-state index in [0.29, 0.717) is 6.04 Å². The predicted molar refractivity (Wildman–Crippen MR) is 65.4 cm³/mol. The molecule has 3 nitrogen and oxygen atoms in total. The van der Waals surface area contributed by atoms with Crippen molar-refractivity contribution in [3.8, 4) is 0 Å². The third-order valence-corrected chi connectivity index (χ3v) is 2.89.